The summed E-state index contributed by atoms with van der Waals surface area (Å²) in [5.41, 5.74) is 1.49. The predicted octanol–water partition coefficient (Wildman–Crippen LogP) is 1.98. The van der Waals surface area contributed by atoms with Crippen LogP contribution in [0.4, 0.5) is 17.1 Å². The first-order valence-corrected chi connectivity index (χ1v) is 11.1. The highest BCUT2D eigenvalue weighted by Crippen LogP contribution is 2.24. The number of esters is 1. The molecular weight excluding hydrogens is 410 g/mol. The third-order valence-electron chi connectivity index (χ3n) is 4.25. The van der Waals surface area contributed by atoms with E-state index in [0.29, 0.717) is 24.3 Å². The Bertz CT molecular complexity index is 1080. The van der Waals surface area contributed by atoms with Crippen molar-refractivity contribution in [1.82, 2.24) is 0 Å². The molecule has 0 atom stereocenters. The lowest BCUT2D eigenvalue weighted by Gasteiger charge is -2.16. The van der Waals surface area contributed by atoms with Crippen molar-refractivity contribution in [3.8, 4) is 0 Å². The Morgan fingerprint density at radius 1 is 1.10 bits per heavy atom. The van der Waals surface area contributed by atoms with Gasteiger partial charge in [0.15, 0.2) is 6.61 Å². The van der Waals surface area contributed by atoms with Crippen molar-refractivity contribution in [2.75, 3.05) is 34.3 Å². The summed E-state index contributed by atoms with van der Waals surface area (Å²) in [6.45, 7) is 0.122. The van der Waals surface area contributed by atoms with Crippen molar-refractivity contribution in [3.63, 3.8) is 0 Å². The van der Waals surface area contributed by atoms with Gasteiger partial charge in [-0.3, -0.25) is 14.3 Å². The number of benzene rings is 2. The Hall–Kier alpha value is -3.40. The molecule has 0 saturated carbocycles. The summed E-state index contributed by atoms with van der Waals surface area (Å²) >= 11 is 0. The molecule has 30 heavy (non-hydrogen) atoms. The average Bonchev–Trinajstić information content (AvgIpc) is 3.11. The summed E-state index contributed by atoms with van der Waals surface area (Å²) in [6.07, 6.45) is 2.30. The number of anilines is 3. The Labute approximate surface area is 174 Å². The van der Waals surface area contributed by atoms with Crippen LogP contribution in [0.5, 0.6) is 0 Å². The van der Waals surface area contributed by atoms with Crippen molar-refractivity contribution in [2.45, 2.75) is 12.8 Å². The van der Waals surface area contributed by atoms with Crippen LogP contribution in [0.25, 0.3) is 0 Å². The number of sulfonamides is 1. The van der Waals surface area contributed by atoms with Crippen LogP contribution in [0, 0.1) is 0 Å². The molecule has 9 nitrogen and oxygen atoms in total. The van der Waals surface area contributed by atoms with Crippen LogP contribution in [0.15, 0.2) is 48.5 Å². The molecule has 0 bridgehead atoms. The van der Waals surface area contributed by atoms with Gasteiger partial charge in [0.05, 0.1) is 11.8 Å². The third kappa shape index (κ3) is 5.80. The summed E-state index contributed by atoms with van der Waals surface area (Å²) in [4.78, 5) is 37.8. The molecule has 2 N–H and O–H groups in total. The summed E-state index contributed by atoms with van der Waals surface area (Å²) in [7, 11) is -3.48. The number of hydrogen-bond acceptors (Lipinski definition) is 6. The minimum absolute atomic E-state index is 0.0417. The maximum atomic E-state index is 12.2. The van der Waals surface area contributed by atoms with Gasteiger partial charge in [-0.05, 0) is 42.8 Å². The molecule has 10 heteroatoms. The molecular formula is C20H21N3O6S. The molecule has 0 radical (unpaired) electrons. The number of hydrogen-bond donors (Lipinski definition) is 2. The maximum Gasteiger partial charge on any atom is 0.338 e. The second kappa shape index (κ2) is 8.95. The predicted molar refractivity (Wildman–Crippen MR) is 112 cm³/mol. The van der Waals surface area contributed by atoms with E-state index in [-0.39, 0.29) is 17.2 Å². The Morgan fingerprint density at radius 2 is 1.83 bits per heavy atom. The fraction of sp³-hybridized carbons (Fsp3) is 0.250. The first-order chi connectivity index (χ1) is 14.2. The number of ether oxygens (including phenoxy) is 1. The van der Waals surface area contributed by atoms with Crippen LogP contribution >= 0.6 is 0 Å². The van der Waals surface area contributed by atoms with E-state index in [0.717, 1.165) is 12.7 Å². The normalized spacial score (nSPS) is 13.8. The molecule has 1 fully saturated rings. The van der Waals surface area contributed by atoms with Gasteiger partial charge in [-0.25, -0.2) is 13.2 Å². The molecule has 1 aliphatic rings. The molecule has 0 aromatic heterocycles. The summed E-state index contributed by atoms with van der Waals surface area (Å²) < 4.78 is 29.9. The number of nitrogens with one attached hydrogen (secondary N) is 2. The second-order valence-electron chi connectivity index (χ2n) is 6.78. The zero-order valence-electron chi connectivity index (χ0n) is 16.3. The monoisotopic (exact) mass is 431 g/mol. The van der Waals surface area contributed by atoms with Gasteiger partial charge in [-0.1, -0.05) is 12.1 Å². The number of rotatable bonds is 7. The molecule has 3 rings (SSSR count). The van der Waals surface area contributed by atoms with Crippen molar-refractivity contribution < 1.29 is 27.5 Å². The molecule has 1 saturated heterocycles. The molecule has 2 amide bonds. The van der Waals surface area contributed by atoms with Gasteiger partial charge in [0.2, 0.25) is 15.9 Å². The summed E-state index contributed by atoms with van der Waals surface area (Å²) in [6, 6.07) is 12.6. The van der Waals surface area contributed by atoms with E-state index in [1.54, 1.807) is 29.2 Å². The van der Waals surface area contributed by atoms with Gasteiger partial charge >= 0.3 is 5.97 Å². The number of carbonyl (C=O) groups excluding carboxylic acids is 3. The Balaban J connectivity index is 1.57. The molecule has 158 valence electrons. The second-order valence-corrected chi connectivity index (χ2v) is 8.53. The van der Waals surface area contributed by atoms with Gasteiger partial charge in [0.25, 0.3) is 5.91 Å². The molecule has 1 heterocycles. The SMILES string of the molecule is CS(=O)(=O)Nc1cccc(C(=O)OCC(=O)Nc2cccc(N3CCCC3=O)c2)c1. The van der Waals surface area contributed by atoms with E-state index < -0.39 is 28.5 Å². The zero-order valence-corrected chi connectivity index (χ0v) is 17.1. The molecule has 0 unspecified atom stereocenters. The molecule has 2 aromatic carbocycles. The highest BCUT2D eigenvalue weighted by Gasteiger charge is 2.22. The third-order valence-corrected chi connectivity index (χ3v) is 4.86. The van der Waals surface area contributed by atoms with Crippen molar-refractivity contribution in [3.05, 3.63) is 54.1 Å². The quantitative estimate of drug-likeness (QED) is 0.647. The molecule has 0 aliphatic carbocycles. The largest absolute Gasteiger partial charge is 0.452 e. The van der Waals surface area contributed by atoms with E-state index in [1.165, 1.54) is 24.3 Å². The fourth-order valence-corrected chi connectivity index (χ4v) is 3.56. The molecule has 2 aromatic rings. The van der Waals surface area contributed by atoms with Gasteiger partial charge in [0, 0.05) is 30.0 Å². The smallest absolute Gasteiger partial charge is 0.338 e. The van der Waals surface area contributed by atoms with E-state index >= 15 is 0 Å². The maximum absolute atomic E-state index is 12.2. The number of nitrogens with zero attached hydrogens (tertiary/aromatic N) is 1. The van der Waals surface area contributed by atoms with Crippen molar-refractivity contribution in [1.29, 1.82) is 0 Å². The van der Waals surface area contributed by atoms with Crippen LogP contribution in [0.2, 0.25) is 0 Å². The van der Waals surface area contributed by atoms with Gasteiger partial charge in [0.1, 0.15) is 0 Å². The van der Waals surface area contributed by atoms with Crippen molar-refractivity contribution in [2.24, 2.45) is 0 Å². The lowest BCUT2D eigenvalue weighted by atomic mass is 10.2. The minimum Gasteiger partial charge on any atom is -0.452 e. The topological polar surface area (TPSA) is 122 Å². The standard InChI is InChI=1S/C20H21N3O6S/c1-30(27,28)22-16-7-2-5-14(11-16)20(26)29-13-18(24)21-15-6-3-8-17(12-15)23-10-4-9-19(23)25/h2-3,5-8,11-12,22H,4,9-10,13H2,1H3,(H,21,24). The highest BCUT2D eigenvalue weighted by atomic mass is 32.2. The average molecular weight is 431 g/mol. The van der Waals surface area contributed by atoms with Gasteiger partial charge < -0.3 is 15.0 Å². The fourth-order valence-electron chi connectivity index (χ4n) is 3.01. The first kappa shape index (κ1) is 21.3. The molecule has 0 spiro atoms. The van der Waals surface area contributed by atoms with E-state index in [4.69, 9.17) is 4.74 Å². The summed E-state index contributed by atoms with van der Waals surface area (Å²) in [5.74, 6) is -1.27. The van der Waals surface area contributed by atoms with Crippen LogP contribution in [0.1, 0.15) is 23.2 Å². The van der Waals surface area contributed by atoms with Crippen LogP contribution in [0.3, 0.4) is 0 Å². The minimum atomic E-state index is -3.48. The van der Waals surface area contributed by atoms with E-state index in [2.05, 4.69) is 10.0 Å². The van der Waals surface area contributed by atoms with Crippen LogP contribution < -0.4 is 14.9 Å². The van der Waals surface area contributed by atoms with E-state index in [1.807, 2.05) is 0 Å². The first-order valence-electron chi connectivity index (χ1n) is 9.16. The number of carbonyl (C=O) groups is 3. The van der Waals surface area contributed by atoms with Gasteiger partial charge in [-0.2, -0.15) is 0 Å². The lowest BCUT2D eigenvalue weighted by Crippen LogP contribution is -2.24. The van der Waals surface area contributed by atoms with Crippen LogP contribution in [-0.2, 0) is 24.3 Å². The summed E-state index contributed by atoms with van der Waals surface area (Å²) in [5, 5.41) is 2.62. The highest BCUT2D eigenvalue weighted by molar-refractivity contribution is 7.92. The number of amides is 2. The van der Waals surface area contributed by atoms with E-state index in [9.17, 15) is 22.8 Å². The lowest BCUT2D eigenvalue weighted by molar-refractivity contribution is -0.119. The zero-order chi connectivity index (χ0) is 21.7. The van der Waals surface area contributed by atoms with Gasteiger partial charge in [-0.15, -0.1) is 0 Å². The Kier molecular flexibility index (Phi) is 6.36. The Morgan fingerprint density at radius 3 is 2.53 bits per heavy atom. The van der Waals surface area contributed by atoms with Crippen molar-refractivity contribution >= 4 is 44.9 Å². The molecule has 1 aliphatic heterocycles. The van der Waals surface area contributed by atoms with Crippen LogP contribution in [-0.4, -0.2) is 45.6 Å².